The summed E-state index contributed by atoms with van der Waals surface area (Å²) in [6.07, 6.45) is 9.80. The van der Waals surface area contributed by atoms with Crippen molar-refractivity contribution in [1.82, 2.24) is 4.90 Å². The molecule has 11 heavy (non-hydrogen) atoms. The molecule has 0 aromatic rings. The predicted octanol–water partition coefficient (Wildman–Crippen LogP) is 0.143. The highest BCUT2D eigenvalue weighted by molar-refractivity contribution is 5.68. The van der Waals surface area contributed by atoms with Crippen molar-refractivity contribution in [2.45, 2.75) is 12.2 Å². The van der Waals surface area contributed by atoms with E-state index in [4.69, 9.17) is 5.11 Å². The van der Waals surface area contributed by atoms with Gasteiger partial charge in [0.15, 0.2) is 0 Å². The molecule has 2 heterocycles. The third kappa shape index (κ3) is 0.973. The molecule has 2 aliphatic heterocycles. The van der Waals surface area contributed by atoms with Crippen molar-refractivity contribution in [3.05, 3.63) is 24.4 Å². The van der Waals surface area contributed by atoms with Gasteiger partial charge >= 0.3 is 0 Å². The molecule has 0 amide bonds. The van der Waals surface area contributed by atoms with Gasteiger partial charge in [-0.15, -0.1) is 0 Å². The Balaban J connectivity index is 2.18. The third-order valence-electron chi connectivity index (χ3n) is 1.94. The van der Waals surface area contributed by atoms with Crippen molar-refractivity contribution < 1.29 is 5.11 Å². The molecule has 0 aromatic carbocycles. The Labute approximate surface area is 65.4 Å². The lowest BCUT2D eigenvalue weighted by Crippen LogP contribution is -2.35. The summed E-state index contributed by atoms with van der Waals surface area (Å²) in [6, 6.07) is 0.0706. The van der Waals surface area contributed by atoms with Crippen LogP contribution in [-0.2, 0) is 0 Å². The molecule has 0 fully saturated rings. The second kappa shape index (κ2) is 2.51. The monoisotopic (exact) mass is 150 g/mol. The minimum Gasteiger partial charge on any atom is -0.394 e. The highest BCUT2D eigenvalue weighted by Crippen LogP contribution is 2.17. The Bertz CT molecular complexity index is 232. The predicted molar refractivity (Wildman–Crippen MR) is 43.3 cm³/mol. The molecule has 1 N–H and O–H groups in total. The molecule has 58 valence electrons. The number of rotatable bonds is 1. The number of aliphatic hydroxyl groups excluding tert-OH is 1. The Morgan fingerprint density at radius 1 is 1.45 bits per heavy atom. The number of aliphatic imine (C=N–C) groups is 1. The first-order valence-electron chi connectivity index (χ1n) is 3.68. The van der Waals surface area contributed by atoms with E-state index < -0.39 is 0 Å². The van der Waals surface area contributed by atoms with Gasteiger partial charge in [-0.25, -0.2) is 0 Å². The minimum absolute atomic E-state index is 0.0706. The Morgan fingerprint density at radius 2 is 2.36 bits per heavy atom. The topological polar surface area (TPSA) is 35.8 Å². The molecule has 3 nitrogen and oxygen atoms in total. The maximum absolute atomic E-state index is 8.91. The summed E-state index contributed by atoms with van der Waals surface area (Å²) in [4.78, 5) is 6.24. The second-order valence-corrected chi connectivity index (χ2v) is 2.64. The molecule has 2 rings (SSSR count). The zero-order valence-electron chi connectivity index (χ0n) is 6.09. The molecule has 0 bridgehead atoms. The Kier molecular flexibility index (Phi) is 1.51. The van der Waals surface area contributed by atoms with Crippen LogP contribution in [0.15, 0.2) is 29.4 Å². The standard InChI is InChI=1S/C8H10N2O/c11-6-7-5-9-8-3-1-2-4-10(7)8/h1-5,7-8,11H,6H2/t7-,8-/m1/s1. The fourth-order valence-electron chi connectivity index (χ4n) is 1.34. The van der Waals surface area contributed by atoms with Gasteiger partial charge in [-0.3, -0.25) is 4.99 Å². The lowest BCUT2D eigenvalue weighted by molar-refractivity contribution is 0.203. The van der Waals surface area contributed by atoms with Crippen LogP contribution in [0.4, 0.5) is 0 Å². The second-order valence-electron chi connectivity index (χ2n) is 2.64. The number of allylic oxidation sites excluding steroid dienone is 2. The van der Waals surface area contributed by atoms with E-state index in [0.717, 1.165) is 0 Å². The SMILES string of the molecule is OC[C@H]1C=N[C@H]2C=CC=CN12. The van der Waals surface area contributed by atoms with Gasteiger partial charge in [-0.05, 0) is 12.2 Å². The maximum Gasteiger partial charge on any atom is 0.140 e. The molecule has 2 aliphatic rings. The van der Waals surface area contributed by atoms with Crippen LogP contribution >= 0.6 is 0 Å². The van der Waals surface area contributed by atoms with E-state index >= 15 is 0 Å². The molecular weight excluding hydrogens is 140 g/mol. The molecule has 0 radical (unpaired) electrons. The molecule has 0 aromatic heterocycles. The van der Waals surface area contributed by atoms with Crippen LogP contribution < -0.4 is 0 Å². The molecule has 2 atom stereocenters. The largest absolute Gasteiger partial charge is 0.394 e. The summed E-state index contributed by atoms with van der Waals surface area (Å²) in [5, 5.41) is 8.91. The van der Waals surface area contributed by atoms with E-state index in [-0.39, 0.29) is 18.8 Å². The van der Waals surface area contributed by atoms with Crippen molar-refractivity contribution in [3.8, 4) is 0 Å². The van der Waals surface area contributed by atoms with Gasteiger partial charge in [0.25, 0.3) is 0 Å². The lowest BCUT2D eigenvalue weighted by Gasteiger charge is -2.25. The first-order chi connectivity index (χ1) is 5.42. The van der Waals surface area contributed by atoms with Gasteiger partial charge in [-0.2, -0.15) is 0 Å². The number of hydrogen-bond donors (Lipinski definition) is 1. The number of aliphatic hydroxyl groups is 1. The van der Waals surface area contributed by atoms with E-state index in [2.05, 4.69) is 4.99 Å². The zero-order chi connectivity index (χ0) is 7.68. The molecular formula is C8H10N2O. The molecule has 0 unspecified atom stereocenters. The molecule has 3 heteroatoms. The third-order valence-corrected chi connectivity index (χ3v) is 1.94. The van der Waals surface area contributed by atoms with Gasteiger partial charge in [-0.1, -0.05) is 6.08 Å². The van der Waals surface area contributed by atoms with Crippen molar-refractivity contribution in [1.29, 1.82) is 0 Å². The molecule has 0 spiro atoms. The average Bonchev–Trinajstić information content (AvgIpc) is 2.47. The summed E-state index contributed by atoms with van der Waals surface area (Å²) >= 11 is 0. The van der Waals surface area contributed by atoms with Gasteiger partial charge in [0.1, 0.15) is 6.17 Å². The first kappa shape index (κ1) is 6.61. The summed E-state index contributed by atoms with van der Waals surface area (Å²) in [5.74, 6) is 0. The quantitative estimate of drug-likeness (QED) is 0.577. The molecule has 0 saturated carbocycles. The van der Waals surface area contributed by atoms with E-state index in [1.165, 1.54) is 0 Å². The highest BCUT2D eigenvalue weighted by atomic mass is 16.3. The Morgan fingerprint density at radius 3 is 3.18 bits per heavy atom. The lowest BCUT2D eigenvalue weighted by atomic mass is 10.2. The summed E-state index contributed by atoms with van der Waals surface area (Å²) in [6.45, 7) is 0.137. The average molecular weight is 150 g/mol. The van der Waals surface area contributed by atoms with Gasteiger partial charge in [0, 0.05) is 12.4 Å². The number of hydrogen-bond acceptors (Lipinski definition) is 3. The van der Waals surface area contributed by atoms with Crippen LogP contribution in [0.3, 0.4) is 0 Å². The van der Waals surface area contributed by atoms with E-state index in [0.29, 0.717) is 0 Å². The summed E-state index contributed by atoms with van der Waals surface area (Å²) in [7, 11) is 0. The number of fused-ring (bicyclic) bond motifs is 1. The minimum atomic E-state index is 0.0706. The van der Waals surface area contributed by atoms with Gasteiger partial charge < -0.3 is 10.0 Å². The van der Waals surface area contributed by atoms with E-state index in [1.807, 2.05) is 29.3 Å². The molecule has 0 saturated heterocycles. The highest BCUT2D eigenvalue weighted by Gasteiger charge is 2.25. The Hall–Kier alpha value is -1.09. The van der Waals surface area contributed by atoms with E-state index in [9.17, 15) is 0 Å². The molecule has 0 aliphatic carbocycles. The first-order valence-corrected chi connectivity index (χ1v) is 3.68. The van der Waals surface area contributed by atoms with Crippen LogP contribution in [0.2, 0.25) is 0 Å². The van der Waals surface area contributed by atoms with E-state index in [1.54, 1.807) is 6.21 Å². The van der Waals surface area contributed by atoms with Crippen molar-refractivity contribution in [2.75, 3.05) is 6.61 Å². The van der Waals surface area contributed by atoms with Crippen LogP contribution in [-0.4, -0.2) is 35.0 Å². The van der Waals surface area contributed by atoms with Crippen LogP contribution in [0.1, 0.15) is 0 Å². The van der Waals surface area contributed by atoms with Gasteiger partial charge in [0.2, 0.25) is 0 Å². The zero-order valence-corrected chi connectivity index (χ0v) is 6.09. The summed E-state index contributed by atoms with van der Waals surface area (Å²) < 4.78 is 0. The number of nitrogens with zero attached hydrogens (tertiary/aromatic N) is 2. The van der Waals surface area contributed by atoms with Crippen molar-refractivity contribution in [3.63, 3.8) is 0 Å². The van der Waals surface area contributed by atoms with Gasteiger partial charge in [0.05, 0.1) is 12.6 Å². The smallest absolute Gasteiger partial charge is 0.140 e. The van der Waals surface area contributed by atoms with Crippen molar-refractivity contribution in [2.24, 2.45) is 4.99 Å². The van der Waals surface area contributed by atoms with Crippen LogP contribution in [0.25, 0.3) is 0 Å². The van der Waals surface area contributed by atoms with Crippen molar-refractivity contribution >= 4 is 6.21 Å². The fraction of sp³-hybridized carbons (Fsp3) is 0.375. The summed E-state index contributed by atoms with van der Waals surface area (Å²) in [5.41, 5.74) is 0. The maximum atomic E-state index is 8.91. The fourth-order valence-corrected chi connectivity index (χ4v) is 1.34. The van der Waals surface area contributed by atoms with Crippen LogP contribution in [0, 0.1) is 0 Å². The normalized spacial score (nSPS) is 33.0. The van der Waals surface area contributed by atoms with Crippen LogP contribution in [0.5, 0.6) is 0 Å².